The number of ketones is 1. The van der Waals surface area contributed by atoms with Crippen LogP contribution in [0.25, 0.3) is 0 Å². The molecular formula is C27H42O11. The van der Waals surface area contributed by atoms with Crippen LogP contribution in [0.15, 0.2) is 43.0 Å². The zero-order chi connectivity index (χ0) is 27.4. The Morgan fingerprint density at radius 3 is 1.24 bits per heavy atom. The van der Waals surface area contributed by atoms with E-state index < -0.39 is 11.8 Å². The minimum absolute atomic E-state index is 0.00243. The highest BCUT2D eigenvalue weighted by Crippen LogP contribution is 2.01. The van der Waals surface area contributed by atoms with Gasteiger partial charge in [-0.15, -0.1) is 6.58 Å². The van der Waals surface area contributed by atoms with Crippen LogP contribution >= 0.6 is 0 Å². The van der Waals surface area contributed by atoms with Crippen molar-refractivity contribution in [2.75, 3.05) is 112 Å². The van der Waals surface area contributed by atoms with E-state index in [0.717, 1.165) is 0 Å². The molecule has 0 heterocycles. The van der Waals surface area contributed by atoms with Crippen LogP contribution in [-0.2, 0) is 47.4 Å². The van der Waals surface area contributed by atoms with E-state index in [9.17, 15) is 9.59 Å². The van der Waals surface area contributed by atoms with Gasteiger partial charge in [0.25, 0.3) is 5.78 Å². The number of rotatable bonds is 28. The molecule has 0 fully saturated rings. The van der Waals surface area contributed by atoms with Gasteiger partial charge in [0.1, 0.15) is 6.61 Å². The monoisotopic (exact) mass is 542 g/mol. The third kappa shape index (κ3) is 20.8. The van der Waals surface area contributed by atoms with Crippen LogP contribution in [0, 0.1) is 0 Å². The van der Waals surface area contributed by atoms with Gasteiger partial charge in [0.2, 0.25) is 0 Å². The molecule has 11 heteroatoms. The van der Waals surface area contributed by atoms with E-state index in [1.807, 2.05) is 0 Å². The predicted octanol–water partition coefficient (Wildman–Crippen LogP) is 1.73. The van der Waals surface area contributed by atoms with Crippen LogP contribution in [-0.4, -0.2) is 124 Å². The molecule has 1 aromatic rings. The van der Waals surface area contributed by atoms with Crippen molar-refractivity contribution in [2.45, 2.75) is 0 Å². The van der Waals surface area contributed by atoms with Gasteiger partial charge in [0.15, 0.2) is 0 Å². The van der Waals surface area contributed by atoms with Crippen LogP contribution in [0.3, 0.4) is 0 Å². The van der Waals surface area contributed by atoms with Crippen molar-refractivity contribution in [2.24, 2.45) is 0 Å². The highest BCUT2D eigenvalue weighted by molar-refractivity contribution is 6.40. The second-order valence-electron chi connectivity index (χ2n) is 7.48. The van der Waals surface area contributed by atoms with Gasteiger partial charge in [-0.2, -0.15) is 0 Å². The molecule has 0 atom stereocenters. The maximum atomic E-state index is 11.8. The fourth-order valence-electron chi connectivity index (χ4n) is 2.67. The summed E-state index contributed by atoms with van der Waals surface area (Å²) >= 11 is 0. The zero-order valence-electron chi connectivity index (χ0n) is 22.2. The molecule has 0 aromatic heterocycles. The summed E-state index contributed by atoms with van der Waals surface area (Å²) in [4.78, 5) is 23.5. The zero-order valence-corrected chi connectivity index (χ0v) is 22.2. The van der Waals surface area contributed by atoms with Crippen molar-refractivity contribution in [1.82, 2.24) is 0 Å². The van der Waals surface area contributed by atoms with E-state index in [4.69, 9.17) is 42.6 Å². The predicted molar refractivity (Wildman–Crippen MR) is 138 cm³/mol. The third-order valence-electron chi connectivity index (χ3n) is 4.52. The number of carbonyl (C=O) groups excluding carboxylic acids is 2. The number of esters is 1. The number of hydrogen-bond acceptors (Lipinski definition) is 11. The van der Waals surface area contributed by atoms with Crippen molar-refractivity contribution in [3.05, 3.63) is 48.6 Å². The smallest absolute Gasteiger partial charge is 0.379 e. The summed E-state index contributed by atoms with van der Waals surface area (Å²) in [6.45, 7) is 11.0. The molecule has 0 saturated carbocycles. The van der Waals surface area contributed by atoms with Crippen LogP contribution in [0.5, 0.6) is 0 Å². The van der Waals surface area contributed by atoms with Gasteiger partial charge in [0, 0.05) is 5.56 Å². The van der Waals surface area contributed by atoms with Gasteiger partial charge in [0.05, 0.1) is 106 Å². The van der Waals surface area contributed by atoms with Crippen molar-refractivity contribution in [1.29, 1.82) is 0 Å². The Kier molecular flexibility index (Phi) is 23.5. The highest BCUT2D eigenvalue weighted by Gasteiger charge is 2.17. The molecule has 0 unspecified atom stereocenters. The molecule has 38 heavy (non-hydrogen) atoms. The Morgan fingerprint density at radius 2 is 0.868 bits per heavy atom. The van der Waals surface area contributed by atoms with Gasteiger partial charge < -0.3 is 42.6 Å². The van der Waals surface area contributed by atoms with Crippen molar-refractivity contribution < 1.29 is 52.2 Å². The minimum atomic E-state index is -0.894. The molecule has 0 radical (unpaired) electrons. The molecular weight excluding hydrogens is 500 g/mol. The third-order valence-corrected chi connectivity index (χ3v) is 4.52. The maximum absolute atomic E-state index is 11.8. The van der Waals surface area contributed by atoms with E-state index in [1.165, 1.54) is 0 Å². The molecule has 0 aliphatic rings. The SMILES string of the molecule is C=CCOCCOCCOCCOCCOCCOCCOCCOCCOC(=O)C(=O)c1ccccc1. The number of benzene rings is 1. The summed E-state index contributed by atoms with van der Waals surface area (Å²) in [6, 6.07) is 8.26. The highest BCUT2D eigenvalue weighted by atomic mass is 16.6. The lowest BCUT2D eigenvalue weighted by Crippen LogP contribution is -2.20. The number of hydrogen-bond donors (Lipinski definition) is 0. The van der Waals surface area contributed by atoms with Gasteiger partial charge in [-0.3, -0.25) is 4.79 Å². The molecule has 0 N–H and O–H groups in total. The van der Waals surface area contributed by atoms with E-state index >= 15 is 0 Å². The second kappa shape index (κ2) is 26.4. The van der Waals surface area contributed by atoms with E-state index in [0.29, 0.717) is 105 Å². The van der Waals surface area contributed by atoms with Crippen molar-refractivity contribution >= 4 is 11.8 Å². The van der Waals surface area contributed by atoms with Gasteiger partial charge in [-0.1, -0.05) is 36.4 Å². The summed E-state index contributed by atoms with van der Waals surface area (Å²) < 4.78 is 47.8. The molecule has 0 saturated heterocycles. The van der Waals surface area contributed by atoms with Crippen LogP contribution in [0.1, 0.15) is 10.4 Å². The van der Waals surface area contributed by atoms with Gasteiger partial charge in [-0.05, 0) is 0 Å². The Bertz CT molecular complexity index is 700. The lowest BCUT2D eigenvalue weighted by atomic mass is 10.1. The molecule has 0 bridgehead atoms. The Morgan fingerprint density at radius 1 is 0.526 bits per heavy atom. The number of ether oxygens (including phenoxy) is 9. The average molecular weight is 543 g/mol. The van der Waals surface area contributed by atoms with Gasteiger partial charge >= 0.3 is 5.97 Å². The molecule has 0 spiro atoms. The lowest BCUT2D eigenvalue weighted by molar-refractivity contribution is -0.139. The van der Waals surface area contributed by atoms with Crippen molar-refractivity contribution in [3.8, 4) is 0 Å². The molecule has 1 aromatic carbocycles. The summed E-state index contributed by atoms with van der Waals surface area (Å²) in [5, 5.41) is 0. The minimum Gasteiger partial charge on any atom is -0.457 e. The first-order valence-corrected chi connectivity index (χ1v) is 12.7. The van der Waals surface area contributed by atoms with Crippen molar-refractivity contribution in [3.63, 3.8) is 0 Å². The first-order valence-electron chi connectivity index (χ1n) is 12.7. The summed E-state index contributed by atoms with van der Waals surface area (Å²) in [5.74, 6) is -1.57. The standard InChI is InChI=1S/C27H42O11/c1-2-8-30-9-10-31-11-12-32-13-14-33-15-16-34-17-18-35-19-20-36-21-22-37-23-24-38-27(29)26(28)25-6-4-3-5-7-25/h2-7H,1,8-24H2. The van der Waals surface area contributed by atoms with E-state index in [1.54, 1.807) is 36.4 Å². The summed E-state index contributed by atoms with van der Waals surface area (Å²) in [6.07, 6.45) is 1.70. The first kappa shape index (κ1) is 33.8. The summed E-state index contributed by atoms with van der Waals surface area (Å²) in [5.41, 5.74) is 0.298. The molecule has 11 nitrogen and oxygen atoms in total. The quantitative estimate of drug-likeness (QED) is 0.0507. The average Bonchev–Trinajstić information content (AvgIpc) is 2.94. The second-order valence-corrected chi connectivity index (χ2v) is 7.48. The van der Waals surface area contributed by atoms with Crippen LogP contribution in [0.4, 0.5) is 0 Å². The van der Waals surface area contributed by atoms with Gasteiger partial charge in [-0.25, -0.2) is 4.79 Å². The largest absolute Gasteiger partial charge is 0.457 e. The molecule has 0 aliphatic heterocycles. The molecule has 0 aliphatic carbocycles. The fraction of sp³-hybridized carbons (Fsp3) is 0.630. The first-order chi connectivity index (χ1) is 18.8. The molecule has 1 rings (SSSR count). The van der Waals surface area contributed by atoms with Crippen LogP contribution < -0.4 is 0 Å². The van der Waals surface area contributed by atoms with E-state index in [-0.39, 0.29) is 13.2 Å². The Balaban J connectivity index is 1.71. The lowest BCUT2D eigenvalue weighted by Gasteiger charge is -2.08. The Hall–Kier alpha value is -2.22. The maximum Gasteiger partial charge on any atom is 0.379 e. The fourth-order valence-corrected chi connectivity index (χ4v) is 2.67. The normalized spacial score (nSPS) is 10.9. The number of Topliss-reactive ketones (excluding diaryl/α,β-unsaturated/α-hetero) is 1. The van der Waals surface area contributed by atoms with Crippen LogP contribution in [0.2, 0.25) is 0 Å². The Labute approximate surface area is 225 Å². The molecule has 216 valence electrons. The molecule has 0 amide bonds. The summed E-state index contributed by atoms with van der Waals surface area (Å²) in [7, 11) is 0. The topological polar surface area (TPSA) is 117 Å². The van der Waals surface area contributed by atoms with E-state index in [2.05, 4.69) is 6.58 Å². The number of carbonyl (C=O) groups is 2.